The van der Waals surface area contributed by atoms with Gasteiger partial charge in [-0.15, -0.1) is 0 Å². The highest BCUT2D eigenvalue weighted by Gasteiger charge is 2.29. The van der Waals surface area contributed by atoms with E-state index in [0.29, 0.717) is 50.5 Å². The van der Waals surface area contributed by atoms with Crippen LogP contribution in [0.1, 0.15) is 129 Å². The molecule has 2 amide bonds. The predicted molar refractivity (Wildman–Crippen MR) is 179 cm³/mol. The summed E-state index contributed by atoms with van der Waals surface area (Å²) in [6.45, 7) is 26.1. The molecule has 1 fully saturated rings. The topological polar surface area (TPSA) is 93.1 Å². The standard InChI is InChI=1S/C37H57N3O4/c1-34(2,3)26-17-24(18-27(32(26)43)35(4,5)6)13-15-30(41)39-21-38-22-40(23-39)31(42)16-14-25-19-28(36(7,8)9)33(44)29(20-25)37(10,11)12/h17-20,38,43-44H,13-16,21-23H2,1-12H3. The molecule has 1 aliphatic heterocycles. The number of amides is 2. The minimum absolute atomic E-state index is 0.0131. The number of aromatic hydroxyl groups is 2. The Morgan fingerprint density at radius 1 is 0.591 bits per heavy atom. The summed E-state index contributed by atoms with van der Waals surface area (Å²) in [6, 6.07) is 8.12. The van der Waals surface area contributed by atoms with E-state index in [2.05, 4.69) is 88.4 Å². The Morgan fingerprint density at radius 2 is 0.864 bits per heavy atom. The Morgan fingerprint density at radius 3 is 1.11 bits per heavy atom. The van der Waals surface area contributed by atoms with E-state index in [1.165, 1.54) is 0 Å². The first kappa shape index (κ1) is 35.4. The average Bonchev–Trinajstić information content (AvgIpc) is 2.88. The molecule has 1 heterocycles. The average molecular weight is 608 g/mol. The predicted octanol–water partition coefficient (Wildman–Crippen LogP) is 6.99. The molecule has 7 heteroatoms. The number of phenols is 2. The van der Waals surface area contributed by atoms with Crippen molar-refractivity contribution in [3.05, 3.63) is 57.6 Å². The molecule has 0 atom stereocenters. The summed E-state index contributed by atoms with van der Waals surface area (Å²) in [5, 5.41) is 25.3. The molecule has 1 aliphatic rings. The highest BCUT2D eigenvalue weighted by Crippen LogP contribution is 2.41. The third-order valence-corrected chi connectivity index (χ3v) is 8.48. The molecule has 2 aromatic rings. The lowest BCUT2D eigenvalue weighted by atomic mass is 9.78. The van der Waals surface area contributed by atoms with Crippen molar-refractivity contribution in [1.82, 2.24) is 15.1 Å². The van der Waals surface area contributed by atoms with Gasteiger partial charge in [-0.2, -0.15) is 0 Å². The maximum absolute atomic E-state index is 13.3. The summed E-state index contributed by atoms with van der Waals surface area (Å²) < 4.78 is 0. The van der Waals surface area contributed by atoms with Crippen molar-refractivity contribution in [2.75, 3.05) is 20.0 Å². The number of nitrogens with one attached hydrogen (secondary N) is 1. The minimum atomic E-state index is -0.232. The molecule has 7 nitrogen and oxygen atoms in total. The van der Waals surface area contributed by atoms with E-state index in [0.717, 1.165) is 33.4 Å². The maximum Gasteiger partial charge on any atom is 0.225 e. The highest BCUT2D eigenvalue weighted by molar-refractivity contribution is 5.79. The van der Waals surface area contributed by atoms with E-state index >= 15 is 0 Å². The molecule has 3 N–H and O–H groups in total. The van der Waals surface area contributed by atoms with Gasteiger partial charge in [0.25, 0.3) is 0 Å². The molecule has 1 saturated heterocycles. The van der Waals surface area contributed by atoms with Gasteiger partial charge in [-0.3, -0.25) is 14.9 Å². The summed E-state index contributed by atoms with van der Waals surface area (Å²) in [7, 11) is 0. The number of hydrogen-bond acceptors (Lipinski definition) is 5. The molecular formula is C37H57N3O4. The zero-order valence-corrected chi connectivity index (χ0v) is 29.4. The zero-order valence-electron chi connectivity index (χ0n) is 29.4. The fourth-order valence-electron chi connectivity index (χ4n) is 5.74. The molecule has 3 rings (SSSR count). The first-order valence-corrected chi connectivity index (χ1v) is 16.0. The van der Waals surface area contributed by atoms with Crippen LogP contribution in [0.3, 0.4) is 0 Å². The fourth-order valence-corrected chi connectivity index (χ4v) is 5.74. The largest absolute Gasteiger partial charge is 0.507 e. The van der Waals surface area contributed by atoms with Crippen molar-refractivity contribution in [3.63, 3.8) is 0 Å². The Kier molecular flexibility index (Phi) is 10.3. The van der Waals surface area contributed by atoms with Gasteiger partial charge >= 0.3 is 0 Å². The number of benzene rings is 2. The molecule has 44 heavy (non-hydrogen) atoms. The molecule has 2 aromatic carbocycles. The number of carbonyl (C=O) groups is 2. The van der Waals surface area contributed by atoms with Crippen LogP contribution in [0.2, 0.25) is 0 Å². The van der Waals surface area contributed by atoms with Crippen molar-refractivity contribution < 1.29 is 19.8 Å². The van der Waals surface area contributed by atoms with Crippen LogP contribution in [0.25, 0.3) is 0 Å². The summed E-state index contributed by atoms with van der Waals surface area (Å²) in [4.78, 5) is 30.0. The molecule has 0 aromatic heterocycles. The van der Waals surface area contributed by atoms with Gasteiger partial charge in [0.1, 0.15) is 11.5 Å². The number of carbonyl (C=O) groups excluding carboxylic acids is 2. The third-order valence-electron chi connectivity index (χ3n) is 8.48. The van der Waals surface area contributed by atoms with E-state index in [4.69, 9.17) is 0 Å². The van der Waals surface area contributed by atoms with Crippen LogP contribution in [0, 0.1) is 0 Å². The first-order valence-electron chi connectivity index (χ1n) is 16.0. The van der Waals surface area contributed by atoms with Crippen molar-refractivity contribution in [3.8, 4) is 11.5 Å². The quantitative estimate of drug-likeness (QED) is 0.329. The van der Waals surface area contributed by atoms with Crippen molar-refractivity contribution in [2.45, 2.75) is 130 Å². The Hall–Kier alpha value is -3.06. The Labute approximate surface area is 266 Å². The van der Waals surface area contributed by atoms with Gasteiger partial charge in [0.2, 0.25) is 11.8 Å². The molecule has 0 radical (unpaired) electrons. The van der Waals surface area contributed by atoms with Gasteiger partial charge in [-0.05, 0) is 67.9 Å². The van der Waals surface area contributed by atoms with E-state index < -0.39 is 0 Å². The van der Waals surface area contributed by atoms with E-state index in [1.807, 2.05) is 24.3 Å². The number of nitrogens with zero attached hydrogens (tertiary/aromatic N) is 2. The van der Waals surface area contributed by atoms with E-state index in [-0.39, 0.29) is 40.1 Å². The molecule has 0 spiro atoms. The summed E-state index contributed by atoms with van der Waals surface area (Å²) in [6.07, 6.45) is 1.76. The summed E-state index contributed by atoms with van der Waals surface area (Å²) in [5.74, 6) is 0.652. The second-order valence-electron chi connectivity index (χ2n) is 16.7. The molecule has 0 saturated carbocycles. The summed E-state index contributed by atoms with van der Waals surface area (Å²) in [5.41, 5.74) is 4.69. The van der Waals surface area contributed by atoms with Crippen molar-refractivity contribution in [1.29, 1.82) is 0 Å². The van der Waals surface area contributed by atoms with Crippen LogP contribution in [-0.2, 0) is 44.1 Å². The molecule has 244 valence electrons. The second-order valence-corrected chi connectivity index (χ2v) is 16.7. The lowest BCUT2D eigenvalue weighted by Crippen LogP contribution is -2.56. The molecule has 0 bridgehead atoms. The normalized spacial score (nSPS) is 15.1. The second kappa shape index (κ2) is 12.7. The fraction of sp³-hybridized carbons (Fsp3) is 0.622. The minimum Gasteiger partial charge on any atom is -0.507 e. The van der Waals surface area contributed by atoms with Crippen LogP contribution in [0.5, 0.6) is 11.5 Å². The van der Waals surface area contributed by atoms with Crippen LogP contribution >= 0.6 is 0 Å². The van der Waals surface area contributed by atoms with Crippen LogP contribution < -0.4 is 5.32 Å². The highest BCUT2D eigenvalue weighted by atomic mass is 16.3. The lowest BCUT2D eigenvalue weighted by molar-refractivity contribution is -0.144. The van der Waals surface area contributed by atoms with E-state index in [1.54, 1.807) is 9.80 Å². The Bertz CT molecular complexity index is 1190. The van der Waals surface area contributed by atoms with Gasteiger partial charge in [0.15, 0.2) is 0 Å². The first-order chi connectivity index (χ1) is 20.0. The number of hydrogen-bond donors (Lipinski definition) is 3. The molecule has 0 unspecified atom stereocenters. The third kappa shape index (κ3) is 8.56. The zero-order chi connectivity index (χ0) is 33.4. The molecule has 0 aliphatic carbocycles. The molecular weight excluding hydrogens is 550 g/mol. The number of aryl methyl sites for hydroxylation is 2. The number of rotatable bonds is 6. The monoisotopic (exact) mass is 607 g/mol. The van der Waals surface area contributed by atoms with Gasteiger partial charge < -0.3 is 20.0 Å². The summed E-state index contributed by atoms with van der Waals surface area (Å²) >= 11 is 0. The van der Waals surface area contributed by atoms with Gasteiger partial charge in [0, 0.05) is 12.8 Å². The van der Waals surface area contributed by atoms with Crippen LogP contribution in [0.15, 0.2) is 24.3 Å². The van der Waals surface area contributed by atoms with Gasteiger partial charge in [-0.25, -0.2) is 0 Å². The van der Waals surface area contributed by atoms with Crippen molar-refractivity contribution in [2.24, 2.45) is 0 Å². The maximum atomic E-state index is 13.3. The van der Waals surface area contributed by atoms with E-state index in [9.17, 15) is 19.8 Å². The van der Waals surface area contributed by atoms with Gasteiger partial charge in [-0.1, -0.05) is 107 Å². The van der Waals surface area contributed by atoms with Crippen molar-refractivity contribution >= 4 is 11.8 Å². The van der Waals surface area contributed by atoms with Gasteiger partial charge in [0.05, 0.1) is 20.0 Å². The Balaban J connectivity index is 1.69. The lowest BCUT2D eigenvalue weighted by Gasteiger charge is -2.36. The smallest absolute Gasteiger partial charge is 0.225 e. The number of phenolic OH excluding ortho intramolecular Hbond substituents is 2. The van der Waals surface area contributed by atoms with Crippen LogP contribution in [0.4, 0.5) is 0 Å². The SMILES string of the molecule is CC(C)(C)c1cc(CCC(=O)N2CNCN(C(=O)CCc3cc(C(C)(C)C)c(O)c(C(C)(C)C)c3)C2)cc(C(C)(C)C)c1O. The van der Waals surface area contributed by atoms with Crippen LogP contribution in [-0.4, -0.2) is 51.8 Å².